The summed E-state index contributed by atoms with van der Waals surface area (Å²) in [4.78, 5) is 25.4. The number of aromatic hydroxyl groups is 2. The predicted molar refractivity (Wildman–Crippen MR) is 99.8 cm³/mol. The van der Waals surface area contributed by atoms with Crippen LogP contribution in [0.3, 0.4) is 0 Å². The van der Waals surface area contributed by atoms with Gasteiger partial charge in [0, 0.05) is 12.2 Å². The summed E-state index contributed by atoms with van der Waals surface area (Å²) in [6.45, 7) is 8.87. The van der Waals surface area contributed by atoms with Crippen LogP contribution in [0.4, 0.5) is 0 Å². The largest absolute Gasteiger partial charge is 0.507 e. The second kappa shape index (κ2) is 8.49. The van der Waals surface area contributed by atoms with Crippen molar-refractivity contribution in [3.8, 4) is 11.5 Å². The molecule has 0 amide bonds. The van der Waals surface area contributed by atoms with Crippen LogP contribution < -0.4 is 0 Å². The van der Waals surface area contributed by atoms with Crippen molar-refractivity contribution in [2.24, 2.45) is 11.8 Å². The summed E-state index contributed by atoms with van der Waals surface area (Å²) >= 11 is 0. The van der Waals surface area contributed by atoms with Crippen molar-refractivity contribution in [1.82, 2.24) is 0 Å². The highest BCUT2D eigenvalue weighted by molar-refractivity contribution is 6.26. The maximum absolute atomic E-state index is 12.9. The molecular formula is C21H28O5. The zero-order chi connectivity index (χ0) is 19.4. The molecule has 1 aliphatic carbocycles. The minimum atomic E-state index is -0.498. The highest BCUT2D eigenvalue weighted by Gasteiger charge is 2.34. The van der Waals surface area contributed by atoms with Gasteiger partial charge in [0.05, 0.1) is 17.2 Å². The Bertz CT molecular complexity index is 715. The lowest BCUT2D eigenvalue weighted by Crippen LogP contribution is -2.28. The van der Waals surface area contributed by atoms with Crippen LogP contribution in [0.2, 0.25) is 0 Å². The fourth-order valence-corrected chi connectivity index (χ4v) is 2.98. The number of Topliss-reactive ketones (excluding diaryl/α,β-unsaturated/α-hetero) is 1. The third-order valence-electron chi connectivity index (χ3n) is 4.55. The molecule has 2 N–H and O–H groups in total. The number of phenols is 2. The van der Waals surface area contributed by atoms with E-state index in [0.717, 1.165) is 12.8 Å². The maximum atomic E-state index is 12.9. The van der Waals surface area contributed by atoms with Gasteiger partial charge in [-0.05, 0) is 49.3 Å². The van der Waals surface area contributed by atoms with Gasteiger partial charge < -0.3 is 14.9 Å². The molecule has 0 radical (unpaired) electrons. The summed E-state index contributed by atoms with van der Waals surface area (Å²) < 4.78 is 5.96. The quantitative estimate of drug-likeness (QED) is 0.676. The van der Waals surface area contributed by atoms with E-state index in [0.29, 0.717) is 24.9 Å². The van der Waals surface area contributed by atoms with Crippen LogP contribution in [-0.4, -0.2) is 34.5 Å². The van der Waals surface area contributed by atoms with Gasteiger partial charge in [-0.15, -0.1) is 0 Å². The van der Waals surface area contributed by atoms with Gasteiger partial charge in [-0.2, -0.15) is 0 Å². The Morgan fingerprint density at radius 3 is 2.04 bits per heavy atom. The average molecular weight is 360 g/mol. The van der Waals surface area contributed by atoms with Crippen molar-refractivity contribution < 1.29 is 24.5 Å². The molecule has 5 heteroatoms. The Balaban J connectivity index is 2.33. The smallest absolute Gasteiger partial charge is 0.196 e. The Morgan fingerprint density at radius 2 is 1.46 bits per heavy atom. The number of benzene rings is 1. The lowest BCUT2D eigenvalue weighted by Gasteiger charge is -2.25. The maximum Gasteiger partial charge on any atom is 0.196 e. The van der Waals surface area contributed by atoms with Gasteiger partial charge in [0.15, 0.2) is 11.6 Å². The molecule has 1 aromatic carbocycles. The molecule has 0 fully saturated rings. The van der Waals surface area contributed by atoms with Gasteiger partial charge in [-0.3, -0.25) is 9.59 Å². The molecule has 1 aliphatic rings. The summed E-state index contributed by atoms with van der Waals surface area (Å²) in [5.74, 6) is -0.625. The number of hydrogen-bond donors (Lipinski definition) is 2. The molecule has 142 valence electrons. The first kappa shape index (κ1) is 20.2. The molecule has 0 heterocycles. The molecule has 1 atom stereocenters. The summed E-state index contributed by atoms with van der Waals surface area (Å²) in [5.41, 5.74) is -0.00847. The topological polar surface area (TPSA) is 83.8 Å². The number of phenolic OH excluding ortho intramolecular Hbond substituents is 2. The Morgan fingerprint density at radius 1 is 0.885 bits per heavy atom. The van der Waals surface area contributed by atoms with Gasteiger partial charge in [-0.25, -0.2) is 0 Å². The lowest BCUT2D eigenvalue weighted by molar-refractivity contribution is 0.0552. The fourth-order valence-electron chi connectivity index (χ4n) is 2.98. The van der Waals surface area contributed by atoms with Crippen molar-refractivity contribution in [3.63, 3.8) is 0 Å². The van der Waals surface area contributed by atoms with Crippen LogP contribution in [0.1, 0.15) is 67.7 Å². The highest BCUT2D eigenvalue weighted by Crippen LogP contribution is 2.36. The van der Waals surface area contributed by atoms with Gasteiger partial charge >= 0.3 is 0 Å². The fraction of sp³-hybridized carbons (Fsp3) is 0.524. The molecule has 26 heavy (non-hydrogen) atoms. The molecule has 1 aromatic rings. The Hall–Kier alpha value is -2.14. The molecule has 0 saturated heterocycles. The number of carbonyl (C=O) groups excluding carboxylic acids is 2. The Labute approximate surface area is 154 Å². The Kier molecular flexibility index (Phi) is 6.59. The summed E-state index contributed by atoms with van der Waals surface area (Å²) in [5, 5.41) is 20.0. The van der Waals surface area contributed by atoms with Crippen LogP contribution in [0, 0.1) is 11.8 Å². The number of hydrogen-bond acceptors (Lipinski definition) is 5. The van der Waals surface area contributed by atoms with E-state index in [1.54, 1.807) is 0 Å². The zero-order valence-electron chi connectivity index (χ0n) is 15.9. The van der Waals surface area contributed by atoms with Crippen LogP contribution in [0.5, 0.6) is 11.5 Å². The van der Waals surface area contributed by atoms with Crippen molar-refractivity contribution in [2.75, 3.05) is 6.61 Å². The standard InChI is InChI=1S/C21H28O5/c1-12(2)5-8-18(26-10-9-13(3)4)14-11-17(24)19-15(22)6-7-16(23)20(19)21(14)25/h6-7,11-13,18,22-23H,5,8-10H2,1-4H3. The van der Waals surface area contributed by atoms with E-state index in [-0.39, 0.29) is 28.2 Å². The second-order valence-electron chi connectivity index (χ2n) is 7.66. The van der Waals surface area contributed by atoms with E-state index in [1.165, 1.54) is 18.2 Å². The average Bonchev–Trinajstić information content (AvgIpc) is 2.56. The van der Waals surface area contributed by atoms with Gasteiger partial charge in [0.1, 0.15) is 11.5 Å². The molecule has 1 unspecified atom stereocenters. The molecule has 2 rings (SSSR count). The first-order valence-corrected chi connectivity index (χ1v) is 9.19. The first-order valence-electron chi connectivity index (χ1n) is 9.19. The third-order valence-corrected chi connectivity index (χ3v) is 4.55. The van der Waals surface area contributed by atoms with Crippen LogP contribution in [0.15, 0.2) is 23.8 Å². The van der Waals surface area contributed by atoms with E-state index >= 15 is 0 Å². The number of rotatable bonds is 8. The van der Waals surface area contributed by atoms with Crippen molar-refractivity contribution in [2.45, 2.75) is 53.1 Å². The molecule has 0 spiro atoms. The third kappa shape index (κ3) is 4.52. The number of carbonyl (C=O) groups is 2. The van der Waals surface area contributed by atoms with Crippen molar-refractivity contribution >= 4 is 11.6 Å². The van der Waals surface area contributed by atoms with Gasteiger partial charge in [0.25, 0.3) is 0 Å². The van der Waals surface area contributed by atoms with Crippen molar-refractivity contribution in [3.05, 3.63) is 34.9 Å². The highest BCUT2D eigenvalue weighted by atomic mass is 16.5. The van der Waals surface area contributed by atoms with E-state index in [1.807, 2.05) is 0 Å². The summed E-state index contributed by atoms with van der Waals surface area (Å²) in [6, 6.07) is 2.44. The van der Waals surface area contributed by atoms with Crippen LogP contribution >= 0.6 is 0 Å². The minimum absolute atomic E-state index is 0.130. The second-order valence-corrected chi connectivity index (χ2v) is 7.66. The molecule has 0 aromatic heterocycles. The van der Waals surface area contributed by atoms with E-state index < -0.39 is 17.7 Å². The normalized spacial score (nSPS) is 15.4. The molecular weight excluding hydrogens is 332 g/mol. The van der Waals surface area contributed by atoms with Crippen molar-refractivity contribution in [1.29, 1.82) is 0 Å². The van der Waals surface area contributed by atoms with Gasteiger partial charge in [-0.1, -0.05) is 27.7 Å². The molecule has 0 aliphatic heterocycles. The number of fused-ring (bicyclic) bond motifs is 1. The first-order chi connectivity index (χ1) is 12.2. The van der Waals surface area contributed by atoms with Crippen LogP contribution in [-0.2, 0) is 4.74 Å². The van der Waals surface area contributed by atoms with E-state index in [9.17, 15) is 19.8 Å². The van der Waals surface area contributed by atoms with E-state index in [4.69, 9.17) is 4.74 Å². The summed E-state index contributed by atoms with van der Waals surface area (Å²) in [7, 11) is 0. The monoisotopic (exact) mass is 360 g/mol. The molecule has 0 saturated carbocycles. The lowest BCUT2D eigenvalue weighted by atomic mass is 9.84. The van der Waals surface area contributed by atoms with E-state index in [2.05, 4.69) is 27.7 Å². The zero-order valence-corrected chi connectivity index (χ0v) is 15.9. The minimum Gasteiger partial charge on any atom is -0.507 e. The number of ketones is 2. The summed E-state index contributed by atoms with van der Waals surface area (Å²) in [6.07, 6.45) is 3.09. The van der Waals surface area contributed by atoms with Crippen LogP contribution in [0.25, 0.3) is 0 Å². The number of ether oxygens (including phenoxy) is 1. The predicted octanol–water partition coefficient (Wildman–Crippen LogP) is 4.27. The SMILES string of the molecule is CC(C)CCOC(CCC(C)C)C1=CC(=O)c2c(O)ccc(O)c2C1=O. The molecule has 0 bridgehead atoms. The number of allylic oxidation sites excluding steroid dienone is 1. The van der Waals surface area contributed by atoms with Gasteiger partial charge in [0.2, 0.25) is 0 Å². The molecule has 5 nitrogen and oxygen atoms in total.